The third kappa shape index (κ3) is 3.28. The van der Waals surface area contributed by atoms with E-state index in [1.54, 1.807) is 0 Å². The van der Waals surface area contributed by atoms with Crippen LogP contribution in [-0.4, -0.2) is 83.7 Å². The lowest BCUT2D eigenvalue weighted by Gasteiger charge is -2.42. The summed E-state index contributed by atoms with van der Waals surface area (Å²) in [5.74, 6) is 0.302. The molecule has 1 saturated heterocycles. The molecular formula is C12H19ClN6O5. The van der Waals surface area contributed by atoms with Crippen molar-refractivity contribution >= 4 is 29.4 Å². The Hall–Kier alpha value is -1.60. The van der Waals surface area contributed by atoms with Crippen LogP contribution in [-0.2, 0) is 4.74 Å². The maximum atomic E-state index is 10.1. The summed E-state index contributed by atoms with van der Waals surface area (Å²) >= 11 is 0. The SMILES string of the molecule is Cl.NC1C(O)C(O)C(Nc2ncnc3nc[nH]c23)OC1C(O)CO. The predicted molar refractivity (Wildman–Crippen MR) is 84.3 cm³/mol. The van der Waals surface area contributed by atoms with Crippen molar-refractivity contribution in [3.8, 4) is 0 Å². The zero-order valence-corrected chi connectivity index (χ0v) is 13.2. The summed E-state index contributed by atoms with van der Waals surface area (Å²) in [7, 11) is 0. The van der Waals surface area contributed by atoms with E-state index in [9.17, 15) is 15.3 Å². The summed E-state index contributed by atoms with van der Waals surface area (Å²) in [6.07, 6.45) is -3.46. The molecular weight excluding hydrogens is 344 g/mol. The van der Waals surface area contributed by atoms with Crippen LogP contribution in [0, 0.1) is 0 Å². The van der Waals surface area contributed by atoms with Crippen LogP contribution in [0.15, 0.2) is 12.7 Å². The molecule has 1 aliphatic rings. The van der Waals surface area contributed by atoms with Crippen LogP contribution < -0.4 is 11.1 Å². The zero-order chi connectivity index (χ0) is 16.6. The lowest BCUT2D eigenvalue weighted by atomic mass is 9.93. The highest BCUT2D eigenvalue weighted by Gasteiger charge is 2.45. The fourth-order valence-corrected chi connectivity index (χ4v) is 2.52. The monoisotopic (exact) mass is 362 g/mol. The molecule has 0 radical (unpaired) electrons. The second kappa shape index (κ2) is 7.53. The maximum absolute atomic E-state index is 10.1. The van der Waals surface area contributed by atoms with Gasteiger partial charge in [0.25, 0.3) is 0 Å². The van der Waals surface area contributed by atoms with Gasteiger partial charge in [0.05, 0.1) is 19.0 Å². The second-order valence-corrected chi connectivity index (χ2v) is 5.30. The van der Waals surface area contributed by atoms with E-state index in [1.165, 1.54) is 12.7 Å². The van der Waals surface area contributed by atoms with E-state index in [0.717, 1.165) is 0 Å². The van der Waals surface area contributed by atoms with Gasteiger partial charge in [0.1, 0.15) is 36.3 Å². The number of halogens is 1. The minimum atomic E-state index is -1.36. The molecule has 0 aliphatic carbocycles. The van der Waals surface area contributed by atoms with Crippen LogP contribution in [0.5, 0.6) is 0 Å². The van der Waals surface area contributed by atoms with Crippen molar-refractivity contribution < 1.29 is 25.2 Å². The summed E-state index contributed by atoms with van der Waals surface area (Å²) in [6.45, 7) is -0.591. The third-order valence-corrected chi connectivity index (χ3v) is 3.81. The van der Waals surface area contributed by atoms with Crippen molar-refractivity contribution in [2.24, 2.45) is 5.73 Å². The number of fused-ring (bicyclic) bond motifs is 1. The third-order valence-electron chi connectivity index (χ3n) is 3.81. The predicted octanol–water partition coefficient (Wildman–Crippen LogP) is -2.69. The number of hydrogen-bond donors (Lipinski definition) is 7. The van der Waals surface area contributed by atoms with E-state index < -0.39 is 43.3 Å². The van der Waals surface area contributed by atoms with Crippen LogP contribution in [0.1, 0.15) is 0 Å². The van der Waals surface area contributed by atoms with Crippen molar-refractivity contribution in [3.63, 3.8) is 0 Å². The lowest BCUT2D eigenvalue weighted by molar-refractivity contribution is -0.197. The van der Waals surface area contributed by atoms with Crippen molar-refractivity contribution in [1.82, 2.24) is 19.9 Å². The number of aliphatic hydroxyl groups excluding tert-OH is 4. The number of H-pyrrole nitrogens is 1. The van der Waals surface area contributed by atoms with Crippen LogP contribution in [0.2, 0.25) is 0 Å². The van der Waals surface area contributed by atoms with E-state index in [2.05, 4.69) is 25.3 Å². The number of ether oxygens (including phenoxy) is 1. The van der Waals surface area contributed by atoms with Crippen LogP contribution >= 0.6 is 12.4 Å². The summed E-state index contributed by atoms with van der Waals surface area (Å²) < 4.78 is 5.51. The van der Waals surface area contributed by atoms with Crippen LogP contribution in [0.4, 0.5) is 5.82 Å². The van der Waals surface area contributed by atoms with Crippen LogP contribution in [0.3, 0.4) is 0 Å². The Kier molecular flexibility index (Phi) is 5.87. The van der Waals surface area contributed by atoms with Gasteiger partial charge in [-0.25, -0.2) is 15.0 Å². The van der Waals surface area contributed by atoms with Gasteiger partial charge < -0.3 is 41.2 Å². The topological polar surface area (TPSA) is 183 Å². The van der Waals surface area contributed by atoms with Gasteiger partial charge in [-0.15, -0.1) is 12.4 Å². The Balaban J connectivity index is 0.00000208. The molecule has 2 aromatic rings. The number of nitrogens with zero attached hydrogens (tertiary/aromatic N) is 3. The second-order valence-electron chi connectivity index (χ2n) is 5.30. The molecule has 2 aromatic heterocycles. The number of aliphatic hydroxyl groups is 4. The Labute approximate surface area is 142 Å². The first kappa shape index (κ1) is 18.7. The summed E-state index contributed by atoms with van der Waals surface area (Å²) in [4.78, 5) is 14.8. The molecule has 0 aromatic carbocycles. The molecule has 3 rings (SSSR count). The molecule has 3 heterocycles. The molecule has 0 bridgehead atoms. The van der Waals surface area contributed by atoms with E-state index in [0.29, 0.717) is 17.0 Å². The van der Waals surface area contributed by atoms with Gasteiger partial charge in [-0.2, -0.15) is 0 Å². The summed E-state index contributed by atoms with van der Waals surface area (Å²) in [6, 6.07) is -1.05. The molecule has 12 heteroatoms. The standard InChI is InChI=1S/C12H18N6O5.ClH/c13-5-7(21)8(22)12(23-9(5)4(20)1-19)18-11-6-10(15-2-14-6)16-3-17-11;/h2-5,7-9,12,19-22H,1,13H2,(H2,14,15,16,17,18);1H. The first-order chi connectivity index (χ1) is 11.0. The van der Waals surface area contributed by atoms with E-state index in [-0.39, 0.29) is 12.4 Å². The van der Waals surface area contributed by atoms with E-state index >= 15 is 0 Å². The minimum absolute atomic E-state index is 0. The molecule has 6 atom stereocenters. The average Bonchev–Trinajstić information content (AvgIpc) is 3.04. The van der Waals surface area contributed by atoms with Gasteiger partial charge in [0, 0.05) is 0 Å². The van der Waals surface area contributed by atoms with Gasteiger partial charge in [-0.3, -0.25) is 0 Å². The first-order valence-corrected chi connectivity index (χ1v) is 6.99. The van der Waals surface area contributed by atoms with Gasteiger partial charge in [0.2, 0.25) is 0 Å². The quantitative estimate of drug-likeness (QED) is 0.302. The number of nitrogens with two attached hydrogens (primary N) is 1. The number of aromatic amines is 1. The number of hydrogen-bond acceptors (Lipinski definition) is 10. The molecule has 8 N–H and O–H groups in total. The summed E-state index contributed by atoms with van der Waals surface area (Å²) in [5, 5.41) is 41.8. The molecule has 1 fully saturated rings. The molecule has 24 heavy (non-hydrogen) atoms. The molecule has 6 unspecified atom stereocenters. The Bertz CT molecular complexity index is 674. The van der Waals surface area contributed by atoms with Crippen LogP contribution in [0.25, 0.3) is 11.2 Å². The van der Waals surface area contributed by atoms with Crippen molar-refractivity contribution in [2.45, 2.75) is 36.7 Å². The number of imidazole rings is 1. The Morgan fingerprint density at radius 2 is 2.04 bits per heavy atom. The van der Waals surface area contributed by atoms with Gasteiger partial charge in [0.15, 0.2) is 17.7 Å². The number of rotatable bonds is 4. The fourth-order valence-electron chi connectivity index (χ4n) is 2.52. The molecule has 0 saturated carbocycles. The van der Waals surface area contributed by atoms with Crippen molar-refractivity contribution in [2.75, 3.05) is 11.9 Å². The highest BCUT2D eigenvalue weighted by atomic mass is 35.5. The minimum Gasteiger partial charge on any atom is -0.394 e. The average molecular weight is 363 g/mol. The normalized spacial score (nSPS) is 31.5. The fraction of sp³-hybridized carbons (Fsp3) is 0.583. The Morgan fingerprint density at radius 1 is 1.29 bits per heavy atom. The smallest absolute Gasteiger partial charge is 0.182 e. The number of aromatic nitrogens is 4. The molecule has 0 amide bonds. The van der Waals surface area contributed by atoms with Crippen molar-refractivity contribution in [1.29, 1.82) is 0 Å². The molecule has 134 valence electrons. The van der Waals surface area contributed by atoms with Crippen molar-refractivity contribution in [3.05, 3.63) is 12.7 Å². The number of anilines is 1. The zero-order valence-electron chi connectivity index (χ0n) is 12.4. The Morgan fingerprint density at radius 3 is 2.75 bits per heavy atom. The first-order valence-electron chi connectivity index (χ1n) is 6.99. The maximum Gasteiger partial charge on any atom is 0.182 e. The molecule has 1 aliphatic heterocycles. The van der Waals surface area contributed by atoms with E-state index in [4.69, 9.17) is 15.6 Å². The number of nitrogens with one attached hydrogen (secondary N) is 2. The molecule has 0 spiro atoms. The highest BCUT2D eigenvalue weighted by molar-refractivity contribution is 5.85. The largest absolute Gasteiger partial charge is 0.394 e. The van der Waals surface area contributed by atoms with Gasteiger partial charge in [-0.1, -0.05) is 0 Å². The van der Waals surface area contributed by atoms with Gasteiger partial charge >= 0.3 is 0 Å². The summed E-state index contributed by atoms with van der Waals surface area (Å²) in [5.41, 5.74) is 6.65. The molecule has 11 nitrogen and oxygen atoms in total. The lowest BCUT2D eigenvalue weighted by Crippen LogP contribution is -2.65. The highest BCUT2D eigenvalue weighted by Crippen LogP contribution is 2.24. The van der Waals surface area contributed by atoms with E-state index in [1.807, 2.05) is 0 Å². The van der Waals surface area contributed by atoms with Gasteiger partial charge in [-0.05, 0) is 0 Å².